The summed E-state index contributed by atoms with van der Waals surface area (Å²) < 4.78 is 0. The Morgan fingerprint density at radius 2 is 2.00 bits per heavy atom. The lowest BCUT2D eigenvalue weighted by molar-refractivity contribution is 0.755. The quantitative estimate of drug-likeness (QED) is 0.634. The van der Waals surface area contributed by atoms with Crippen molar-refractivity contribution in [2.45, 2.75) is 6.42 Å². The van der Waals surface area contributed by atoms with Crippen molar-refractivity contribution in [3.8, 4) is 0 Å². The van der Waals surface area contributed by atoms with Gasteiger partial charge in [-0.05, 0) is 42.9 Å². The summed E-state index contributed by atoms with van der Waals surface area (Å²) in [7, 11) is 2.10. The summed E-state index contributed by atoms with van der Waals surface area (Å²) in [4.78, 5) is 6.27. The molecule has 0 radical (unpaired) electrons. The molecular weight excluding hydrogens is 280 g/mol. The lowest BCUT2D eigenvalue weighted by atomic mass is 10.3. The Hall–Kier alpha value is -2.14. The van der Waals surface area contributed by atoms with Crippen molar-refractivity contribution in [3.63, 3.8) is 0 Å². The Kier molecular flexibility index (Phi) is 5.97. The van der Waals surface area contributed by atoms with Crippen LogP contribution in [-0.2, 0) is 0 Å². The molecule has 0 atom stereocenters. The number of nitrogens with zero attached hydrogens (tertiary/aromatic N) is 2. The van der Waals surface area contributed by atoms with E-state index in [1.165, 1.54) is 5.69 Å². The second-order valence-electron chi connectivity index (χ2n) is 4.73. The first kappa shape index (κ1) is 15.3. The van der Waals surface area contributed by atoms with Crippen LogP contribution in [0.5, 0.6) is 0 Å². The normalized spacial score (nSPS) is 9.95. The minimum absolute atomic E-state index is 0.630. The molecule has 0 bridgehead atoms. The van der Waals surface area contributed by atoms with Crippen LogP contribution < -0.4 is 15.5 Å². The van der Waals surface area contributed by atoms with E-state index in [1.807, 2.05) is 18.2 Å². The third-order valence-corrected chi connectivity index (χ3v) is 3.32. The summed E-state index contributed by atoms with van der Waals surface area (Å²) in [6, 6.07) is 14.2. The van der Waals surface area contributed by atoms with Gasteiger partial charge in [-0.3, -0.25) is 4.98 Å². The Bertz CT molecular complexity index is 545. The number of benzene rings is 1. The molecule has 0 aliphatic carbocycles. The summed E-state index contributed by atoms with van der Waals surface area (Å²) in [5.41, 5.74) is 2.13. The van der Waals surface area contributed by atoms with E-state index >= 15 is 0 Å². The predicted octanol–water partition coefficient (Wildman–Crippen LogP) is 2.89. The van der Waals surface area contributed by atoms with Gasteiger partial charge in [0.1, 0.15) is 0 Å². The monoisotopic (exact) mass is 300 g/mol. The van der Waals surface area contributed by atoms with Crippen molar-refractivity contribution in [1.29, 1.82) is 0 Å². The Labute approximate surface area is 131 Å². The van der Waals surface area contributed by atoms with Crippen molar-refractivity contribution in [3.05, 3.63) is 54.9 Å². The molecule has 110 valence electrons. The number of hydrogen-bond donors (Lipinski definition) is 2. The number of thiocarbonyl (C=S) groups is 1. The number of anilines is 2. The number of hydrogen-bond acceptors (Lipinski definition) is 3. The summed E-state index contributed by atoms with van der Waals surface area (Å²) in [6.07, 6.45) is 4.50. The van der Waals surface area contributed by atoms with Gasteiger partial charge in [-0.1, -0.05) is 18.2 Å². The van der Waals surface area contributed by atoms with Gasteiger partial charge in [-0.2, -0.15) is 0 Å². The molecule has 1 aromatic heterocycles. The Morgan fingerprint density at radius 3 is 2.71 bits per heavy atom. The van der Waals surface area contributed by atoms with Crippen LogP contribution in [0.3, 0.4) is 0 Å². The first-order valence-electron chi connectivity index (χ1n) is 6.97. The first-order chi connectivity index (χ1) is 10.3. The fourth-order valence-electron chi connectivity index (χ4n) is 1.94. The van der Waals surface area contributed by atoms with Crippen LogP contribution in [-0.4, -0.2) is 30.2 Å². The third kappa shape index (κ3) is 5.39. The molecule has 21 heavy (non-hydrogen) atoms. The highest BCUT2D eigenvalue weighted by molar-refractivity contribution is 7.80. The zero-order valence-corrected chi connectivity index (χ0v) is 12.9. The van der Waals surface area contributed by atoms with Gasteiger partial charge in [0, 0.05) is 32.0 Å². The second kappa shape index (κ2) is 8.21. The maximum absolute atomic E-state index is 5.24. The Balaban J connectivity index is 1.64. The summed E-state index contributed by atoms with van der Waals surface area (Å²) >= 11 is 5.24. The highest BCUT2D eigenvalue weighted by Crippen LogP contribution is 2.10. The van der Waals surface area contributed by atoms with Crippen LogP contribution in [0.15, 0.2) is 54.9 Å². The standard InChI is InChI=1S/C16H20N4S/c1-20(15-8-3-2-4-9-15)12-6-11-18-16(21)19-14-7-5-10-17-13-14/h2-5,7-10,13H,6,11-12H2,1H3,(H2,18,19,21). The molecule has 0 amide bonds. The number of rotatable bonds is 6. The maximum Gasteiger partial charge on any atom is 0.170 e. The zero-order valence-electron chi connectivity index (χ0n) is 12.1. The highest BCUT2D eigenvalue weighted by atomic mass is 32.1. The van der Waals surface area contributed by atoms with Gasteiger partial charge in [0.25, 0.3) is 0 Å². The molecule has 1 heterocycles. The molecule has 2 aromatic rings. The SMILES string of the molecule is CN(CCCNC(=S)Nc1cccnc1)c1ccccc1. The smallest absolute Gasteiger partial charge is 0.170 e. The molecule has 2 N–H and O–H groups in total. The summed E-state index contributed by atoms with van der Waals surface area (Å²) in [5.74, 6) is 0. The maximum atomic E-state index is 5.24. The molecule has 4 nitrogen and oxygen atoms in total. The fraction of sp³-hybridized carbons (Fsp3) is 0.250. The molecule has 0 fully saturated rings. The van der Waals surface area contributed by atoms with Crippen LogP contribution >= 0.6 is 12.2 Å². The van der Waals surface area contributed by atoms with Crippen molar-refractivity contribution in [2.24, 2.45) is 0 Å². The van der Waals surface area contributed by atoms with E-state index in [-0.39, 0.29) is 0 Å². The van der Waals surface area contributed by atoms with Crippen molar-refractivity contribution in [2.75, 3.05) is 30.4 Å². The molecule has 0 saturated carbocycles. The van der Waals surface area contributed by atoms with E-state index < -0.39 is 0 Å². The minimum Gasteiger partial charge on any atom is -0.375 e. The van der Waals surface area contributed by atoms with E-state index in [2.05, 4.69) is 51.8 Å². The number of para-hydroxylation sites is 1. The fourth-order valence-corrected chi connectivity index (χ4v) is 2.16. The molecule has 0 saturated heterocycles. The summed E-state index contributed by atoms with van der Waals surface area (Å²) in [6.45, 7) is 1.82. The average molecular weight is 300 g/mol. The van der Waals surface area contributed by atoms with Crippen LogP contribution in [0.25, 0.3) is 0 Å². The van der Waals surface area contributed by atoms with E-state index in [9.17, 15) is 0 Å². The van der Waals surface area contributed by atoms with Crippen molar-refractivity contribution < 1.29 is 0 Å². The van der Waals surface area contributed by atoms with Crippen molar-refractivity contribution in [1.82, 2.24) is 10.3 Å². The van der Waals surface area contributed by atoms with Gasteiger partial charge < -0.3 is 15.5 Å². The largest absolute Gasteiger partial charge is 0.375 e. The second-order valence-corrected chi connectivity index (χ2v) is 5.14. The Morgan fingerprint density at radius 1 is 1.19 bits per heavy atom. The van der Waals surface area contributed by atoms with Crippen LogP contribution in [0.1, 0.15) is 6.42 Å². The molecule has 0 aliphatic rings. The molecule has 2 rings (SSSR count). The van der Waals surface area contributed by atoms with E-state index in [0.717, 1.165) is 25.2 Å². The van der Waals surface area contributed by atoms with Gasteiger partial charge in [-0.25, -0.2) is 0 Å². The lowest BCUT2D eigenvalue weighted by Crippen LogP contribution is -2.31. The van der Waals surface area contributed by atoms with Gasteiger partial charge in [-0.15, -0.1) is 0 Å². The van der Waals surface area contributed by atoms with Crippen molar-refractivity contribution >= 4 is 28.7 Å². The third-order valence-electron chi connectivity index (χ3n) is 3.07. The molecule has 0 unspecified atom stereocenters. The predicted molar refractivity (Wildman–Crippen MR) is 92.8 cm³/mol. The van der Waals surface area contributed by atoms with E-state index in [4.69, 9.17) is 12.2 Å². The molecular formula is C16H20N4S. The number of pyridine rings is 1. The van der Waals surface area contributed by atoms with Gasteiger partial charge >= 0.3 is 0 Å². The highest BCUT2D eigenvalue weighted by Gasteiger charge is 2.00. The zero-order chi connectivity index (χ0) is 14.9. The topological polar surface area (TPSA) is 40.2 Å². The van der Waals surface area contributed by atoms with E-state index in [0.29, 0.717) is 5.11 Å². The first-order valence-corrected chi connectivity index (χ1v) is 7.37. The summed E-state index contributed by atoms with van der Waals surface area (Å²) in [5, 5.41) is 6.94. The van der Waals surface area contributed by atoms with Crippen LogP contribution in [0.4, 0.5) is 11.4 Å². The van der Waals surface area contributed by atoms with Gasteiger partial charge in [0.2, 0.25) is 0 Å². The molecule has 0 spiro atoms. The number of nitrogens with one attached hydrogen (secondary N) is 2. The lowest BCUT2D eigenvalue weighted by Gasteiger charge is -2.19. The molecule has 5 heteroatoms. The van der Waals surface area contributed by atoms with Crippen LogP contribution in [0.2, 0.25) is 0 Å². The minimum atomic E-state index is 0.630. The molecule has 0 aliphatic heterocycles. The van der Waals surface area contributed by atoms with Gasteiger partial charge in [0.15, 0.2) is 5.11 Å². The van der Waals surface area contributed by atoms with Crippen LogP contribution in [0, 0.1) is 0 Å². The number of aromatic nitrogens is 1. The van der Waals surface area contributed by atoms with Gasteiger partial charge in [0.05, 0.1) is 11.9 Å². The van der Waals surface area contributed by atoms with E-state index in [1.54, 1.807) is 12.4 Å². The molecule has 1 aromatic carbocycles. The average Bonchev–Trinajstić information content (AvgIpc) is 2.53.